The van der Waals surface area contributed by atoms with E-state index in [0.717, 1.165) is 39.2 Å². The Morgan fingerprint density at radius 2 is 2.11 bits per heavy atom. The number of esters is 1. The molecule has 0 aromatic carbocycles. The van der Waals surface area contributed by atoms with Crippen LogP contribution in [0, 0.1) is 5.92 Å². The second-order valence-corrected chi connectivity index (χ2v) is 5.07. The van der Waals surface area contributed by atoms with Crippen molar-refractivity contribution >= 4 is 5.97 Å². The van der Waals surface area contributed by atoms with Gasteiger partial charge in [-0.1, -0.05) is 13.8 Å². The van der Waals surface area contributed by atoms with Gasteiger partial charge in [0, 0.05) is 19.7 Å². The van der Waals surface area contributed by atoms with Gasteiger partial charge in [-0.2, -0.15) is 0 Å². The number of ether oxygens (including phenoxy) is 2. The molecule has 0 spiro atoms. The molecule has 0 radical (unpaired) electrons. The van der Waals surface area contributed by atoms with Crippen LogP contribution in [0.2, 0.25) is 0 Å². The smallest absolute Gasteiger partial charge is 0.320 e. The molecule has 0 saturated carbocycles. The first kappa shape index (κ1) is 15.4. The largest absolute Gasteiger partial charge is 0.462 e. The minimum atomic E-state index is -0.148. The fourth-order valence-corrected chi connectivity index (χ4v) is 1.82. The van der Waals surface area contributed by atoms with Gasteiger partial charge >= 0.3 is 5.97 Å². The van der Waals surface area contributed by atoms with E-state index in [0.29, 0.717) is 25.7 Å². The van der Waals surface area contributed by atoms with Crippen LogP contribution in [0.3, 0.4) is 0 Å². The second-order valence-electron chi connectivity index (χ2n) is 5.07. The number of hydrogen-bond donors (Lipinski definition) is 1. The summed E-state index contributed by atoms with van der Waals surface area (Å²) in [7, 11) is 0. The number of nitrogens with zero attached hydrogens (tertiary/aromatic N) is 1. The molecule has 0 aromatic heterocycles. The van der Waals surface area contributed by atoms with Gasteiger partial charge in [0.1, 0.15) is 6.61 Å². The average molecular weight is 258 g/mol. The van der Waals surface area contributed by atoms with E-state index >= 15 is 0 Å². The Morgan fingerprint density at radius 3 is 2.89 bits per heavy atom. The lowest BCUT2D eigenvalue weighted by Gasteiger charge is -2.18. The maximum atomic E-state index is 11.6. The summed E-state index contributed by atoms with van der Waals surface area (Å²) in [5.41, 5.74) is 0. The molecule has 18 heavy (non-hydrogen) atoms. The maximum absolute atomic E-state index is 11.6. The highest BCUT2D eigenvalue weighted by Gasteiger charge is 2.13. The Balaban J connectivity index is 2.02. The van der Waals surface area contributed by atoms with Gasteiger partial charge in [-0.3, -0.25) is 9.69 Å². The summed E-state index contributed by atoms with van der Waals surface area (Å²) in [4.78, 5) is 13.7. The third-order valence-electron chi connectivity index (χ3n) is 2.73. The predicted molar refractivity (Wildman–Crippen MR) is 70.5 cm³/mol. The first-order valence-corrected chi connectivity index (χ1v) is 6.85. The standard InChI is InChI=1S/C13H26N2O3/c1-12(2)11-17-8-9-18-13(16)10-15-6-3-4-14-5-7-15/h12,14H,3-11H2,1-2H3. The molecule has 106 valence electrons. The summed E-state index contributed by atoms with van der Waals surface area (Å²) in [6.45, 7) is 10.0. The van der Waals surface area contributed by atoms with Crippen LogP contribution < -0.4 is 5.32 Å². The van der Waals surface area contributed by atoms with Gasteiger partial charge in [-0.05, 0) is 25.4 Å². The summed E-state index contributed by atoms with van der Waals surface area (Å²) >= 11 is 0. The van der Waals surface area contributed by atoms with Crippen molar-refractivity contribution in [2.24, 2.45) is 5.92 Å². The zero-order valence-corrected chi connectivity index (χ0v) is 11.6. The van der Waals surface area contributed by atoms with Gasteiger partial charge in [0.25, 0.3) is 0 Å². The minimum Gasteiger partial charge on any atom is -0.462 e. The third kappa shape index (κ3) is 7.63. The van der Waals surface area contributed by atoms with E-state index < -0.39 is 0 Å². The molecule has 1 fully saturated rings. The molecule has 1 N–H and O–H groups in total. The Morgan fingerprint density at radius 1 is 1.28 bits per heavy atom. The van der Waals surface area contributed by atoms with Crippen molar-refractivity contribution in [1.82, 2.24) is 10.2 Å². The lowest BCUT2D eigenvalue weighted by molar-refractivity contribution is -0.146. The number of nitrogens with one attached hydrogen (secondary N) is 1. The van der Waals surface area contributed by atoms with Gasteiger partial charge in [-0.25, -0.2) is 0 Å². The third-order valence-corrected chi connectivity index (χ3v) is 2.73. The molecule has 5 nitrogen and oxygen atoms in total. The molecule has 1 rings (SSSR count). The van der Waals surface area contributed by atoms with Crippen LogP contribution in [-0.2, 0) is 14.3 Å². The van der Waals surface area contributed by atoms with Crippen molar-refractivity contribution in [3.8, 4) is 0 Å². The molecule has 0 unspecified atom stereocenters. The molecule has 5 heteroatoms. The molecule has 0 bridgehead atoms. The second kappa shape index (κ2) is 9.30. The SMILES string of the molecule is CC(C)COCCOC(=O)CN1CCCNCC1. The molecule has 0 amide bonds. The van der Waals surface area contributed by atoms with E-state index in [4.69, 9.17) is 9.47 Å². The van der Waals surface area contributed by atoms with E-state index in [2.05, 4.69) is 24.1 Å². The van der Waals surface area contributed by atoms with Crippen molar-refractivity contribution in [3.05, 3.63) is 0 Å². The Labute approximate surface area is 110 Å². The molecule has 0 aliphatic carbocycles. The number of carbonyl (C=O) groups is 1. The minimum absolute atomic E-state index is 0.148. The zero-order chi connectivity index (χ0) is 13.2. The molecule has 1 saturated heterocycles. The van der Waals surface area contributed by atoms with Gasteiger partial charge in [-0.15, -0.1) is 0 Å². The fourth-order valence-electron chi connectivity index (χ4n) is 1.82. The number of hydrogen-bond acceptors (Lipinski definition) is 5. The Hall–Kier alpha value is -0.650. The molecule has 0 atom stereocenters. The van der Waals surface area contributed by atoms with E-state index in [-0.39, 0.29) is 5.97 Å². The van der Waals surface area contributed by atoms with Gasteiger partial charge in [0.2, 0.25) is 0 Å². The lowest BCUT2D eigenvalue weighted by atomic mass is 10.2. The van der Waals surface area contributed by atoms with Crippen molar-refractivity contribution in [2.45, 2.75) is 20.3 Å². The number of rotatable bonds is 7. The molecule has 1 heterocycles. The lowest BCUT2D eigenvalue weighted by Crippen LogP contribution is -2.34. The molecule has 0 aromatic rings. The molecular formula is C13H26N2O3. The Bertz CT molecular complexity index is 226. The molecular weight excluding hydrogens is 232 g/mol. The average Bonchev–Trinajstić information content (AvgIpc) is 2.56. The molecule has 1 aliphatic rings. The maximum Gasteiger partial charge on any atom is 0.320 e. The predicted octanol–water partition coefficient (Wildman–Crippen LogP) is 0.498. The highest BCUT2D eigenvalue weighted by atomic mass is 16.6. The molecule has 1 aliphatic heterocycles. The van der Waals surface area contributed by atoms with Crippen molar-refractivity contribution < 1.29 is 14.3 Å². The van der Waals surface area contributed by atoms with E-state index in [1.54, 1.807) is 0 Å². The summed E-state index contributed by atoms with van der Waals surface area (Å²) in [5, 5.41) is 3.31. The number of carbonyl (C=O) groups excluding carboxylic acids is 1. The van der Waals surface area contributed by atoms with Crippen LogP contribution in [0.15, 0.2) is 0 Å². The van der Waals surface area contributed by atoms with Crippen LogP contribution in [0.4, 0.5) is 0 Å². The highest BCUT2D eigenvalue weighted by Crippen LogP contribution is 1.96. The van der Waals surface area contributed by atoms with Gasteiger partial charge in [0.05, 0.1) is 13.2 Å². The summed E-state index contributed by atoms with van der Waals surface area (Å²) in [6, 6.07) is 0. The van der Waals surface area contributed by atoms with Crippen LogP contribution in [0.5, 0.6) is 0 Å². The fraction of sp³-hybridized carbons (Fsp3) is 0.923. The van der Waals surface area contributed by atoms with Crippen LogP contribution >= 0.6 is 0 Å². The van der Waals surface area contributed by atoms with Crippen LogP contribution in [-0.4, -0.2) is 63.4 Å². The normalized spacial score (nSPS) is 17.7. The van der Waals surface area contributed by atoms with E-state index in [1.165, 1.54) is 0 Å². The van der Waals surface area contributed by atoms with Crippen molar-refractivity contribution in [1.29, 1.82) is 0 Å². The zero-order valence-electron chi connectivity index (χ0n) is 11.6. The van der Waals surface area contributed by atoms with Gasteiger partial charge in [0.15, 0.2) is 0 Å². The highest BCUT2D eigenvalue weighted by molar-refractivity contribution is 5.71. The van der Waals surface area contributed by atoms with Crippen LogP contribution in [0.1, 0.15) is 20.3 Å². The Kier molecular flexibility index (Phi) is 7.96. The van der Waals surface area contributed by atoms with Crippen LogP contribution in [0.25, 0.3) is 0 Å². The first-order chi connectivity index (χ1) is 8.68. The monoisotopic (exact) mass is 258 g/mol. The summed E-state index contributed by atoms with van der Waals surface area (Å²) in [5.74, 6) is 0.371. The van der Waals surface area contributed by atoms with Crippen molar-refractivity contribution in [3.63, 3.8) is 0 Å². The summed E-state index contributed by atoms with van der Waals surface area (Å²) in [6.07, 6.45) is 1.09. The van der Waals surface area contributed by atoms with E-state index in [9.17, 15) is 4.79 Å². The van der Waals surface area contributed by atoms with Crippen molar-refractivity contribution in [2.75, 3.05) is 52.5 Å². The van der Waals surface area contributed by atoms with Gasteiger partial charge < -0.3 is 14.8 Å². The quantitative estimate of drug-likeness (QED) is 0.532. The van der Waals surface area contributed by atoms with E-state index in [1.807, 2.05) is 0 Å². The topological polar surface area (TPSA) is 50.8 Å². The summed E-state index contributed by atoms with van der Waals surface area (Å²) < 4.78 is 10.5. The first-order valence-electron chi connectivity index (χ1n) is 6.85.